The highest BCUT2D eigenvalue weighted by Crippen LogP contribution is 2.16. The van der Waals surface area contributed by atoms with Gasteiger partial charge in [-0.15, -0.1) is 0 Å². The summed E-state index contributed by atoms with van der Waals surface area (Å²) < 4.78 is 1.47. The second kappa shape index (κ2) is 6.88. The molecule has 3 N–H and O–H groups in total. The van der Waals surface area contributed by atoms with E-state index in [4.69, 9.17) is 0 Å². The molecule has 1 heterocycles. The number of aromatic nitrogens is 2. The number of aromatic hydroxyl groups is 1. The van der Waals surface area contributed by atoms with Crippen molar-refractivity contribution in [3.05, 3.63) is 82.3 Å². The van der Waals surface area contributed by atoms with Crippen LogP contribution in [0.15, 0.2) is 70.7 Å². The number of nitrogens with zero attached hydrogens (tertiary/aromatic N) is 2. The number of benzene rings is 2. The summed E-state index contributed by atoms with van der Waals surface area (Å²) in [5.41, 5.74) is 3.41. The van der Waals surface area contributed by atoms with Gasteiger partial charge in [-0.3, -0.25) is 19.4 Å². The molecule has 0 spiro atoms. The van der Waals surface area contributed by atoms with Crippen LogP contribution in [0.5, 0.6) is 5.75 Å². The van der Waals surface area contributed by atoms with E-state index in [2.05, 4.69) is 15.6 Å². The quantitative estimate of drug-likeness (QED) is 0.502. The van der Waals surface area contributed by atoms with Gasteiger partial charge >= 0.3 is 0 Å². The van der Waals surface area contributed by atoms with E-state index in [9.17, 15) is 14.7 Å². The average molecular weight is 336 g/mol. The summed E-state index contributed by atoms with van der Waals surface area (Å²) in [6, 6.07) is 15.8. The van der Waals surface area contributed by atoms with E-state index in [0.29, 0.717) is 11.3 Å². The summed E-state index contributed by atoms with van der Waals surface area (Å²) in [5.74, 6) is -0.572. The van der Waals surface area contributed by atoms with Gasteiger partial charge in [0.1, 0.15) is 11.3 Å². The van der Waals surface area contributed by atoms with Crippen molar-refractivity contribution in [2.45, 2.75) is 6.92 Å². The maximum absolute atomic E-state index is 12.2. The molecule has 0 unspecified atom stereocenters. The Labute approximate surface area is 143 Å². The molecular weight excluding hydrogens is 320 g/mol. The zero-order valence-corrected chi connectivity index (χ0v) is 13.4. The molecule has 2 aromatic carbocycles. The Balaban J connectivity index is 1.80. The van der Waals surface area contributed by atoms with Crippen molar-refractivity contribution in [1.82, 2.24) is 15.2 Å². The molecule has 7 nitrogen and oxygen atoms in total. The van der Waals surface area contributed by atoms with Gasteiger partial charge < -0.3 is 5.11 Å². The molecule has 3 rings (SSSR count). The molecule has 126 valence electrons. The lowest BCUT2D eigenvalue weighted by molar-refractivity contribution is 0.0953. The number of para-hydroxylation sites is 2. The van der Waals surface area contributed by atoms with Gasteiger partial charge in [-0.2, -0.15) is 5.10 Å². The summed E-state index contributed by atoms with van der Waals surface area (Å²) in [5, 5.41) is 16.3. The number of phenolic OH excluding ortho intramolecular Hbond substituents is 1. The molecule has 25 heavy (non-hydrogen) atoms. The SMILES string of the molecule is C/C(=N/NC(=O)c1cn(-c2ccccc2)[nH]c1=O)c1ccccc1O. The molecule has 0 fully saturated rings. The first-order chi connectivity index (χ1) is 12.1. The van der Waals surface area contributed by atoms with Crippen LogP contribution in [0.25, 0.3) is 5.69 Å². The van der Waals surface area contributed by atoms with Crippen LogP contribution in [0, 0.1) is 0 Å². The van der Waals surface area contributed by atoms with Gasteiger partial charge in [0.15, 0.2) is 0 Å². The van der Waals surface area contributed by atoms with Crippen LogP contribution in [0.3, 0.4) is 0 Å². The number of rotatable bonds is 4. The number of aromatic amines is 1. The average Bonchev–Trinajstić information content (AvgIpc) is 3.02. The fourth-order valence-corrected chi connectivity index (χ4v) is 2.31. The molecule has 0 aliphatic heterocycles. The number of carbonyl (C=O) groups is 1. The normalized spacial score (nSPS) is 11.3. The highest BCUT2D eigenvalue weighted by molar-refractivity contribution is 6.02. The first-order valence-corrected chi connectivity index (χ1v) is 7.56. The number of hydrazone groups is 1. The third-order valence-electron chi connectivity index (χ3n) is 3.62. The minimum absolute atomic E-state index is 0.0577. The summed E-state index contributed by atoms with van der Waals surface area (Å²) >= 11 is 0. The first kappa shape index (κ1) is 16.3. The highest BCUT2D eigenvalue weighted by atomic mass is 16.3. The third kappa shape index (κ3) is 3.50. The van der Waals surface area contributed by atoms with Crippen molar-refractivity contribution in [2.75, 3.05) is 0 Å². The Morgan fingerprint density at radius 3 is 2.48 bits per heavy atom. The monoisotopic (exact) mass is 336 g/mol. The number of H-pyrrole nitrogens is 1. The molecule has 0 bridgehead atoms. The van der Waals surface area contributed by atoms with E-state index in [1.807, 2.05) is 18.2 Å². The maximum Gasteiger partial charge on any atom is 0.278 e. The van der Waals surface area contributed by atoms with Crippen molar-refractivity contribution in [2.24, 2.45) is 5.10 Å². The smallest absolute Gasteiger partial charge is 0.278 e. The largest absolute Gasteiger partial charge is 0.507 e. The van der Waals surface area contributed by atoms with Gasteiger partial charge in [0.05, 0.1) is 11.4 Å². The number of hydrogen-bond donors (Lipinski definition) is 3. The summed E-state index contributed by atoms with van der Waals surface area (Å²) in [7, 11) is 0. The maximum atomic E-state index is 12.2. The van der Waals surface area contributed by atoms with Crippen LogP contribution >= 0.6 is 0 Å². The van der Waals surface area contributed by atoms with E-state index >= 15 is 0 Å². The Morgan fingerprint density at radius 2 is 1.76 bits per heavy atom. The zero-order chi connectivity index (χ0) is 17.8. The van der Waals surface area contributed by atoms with Gasteiger partial charge in [0.25, 0.3) is 11.5 Å². The van der Waals surface area contributed by atoms with Crippen LogP contribution in [0.4, 0.5) is 0 Å². The van der Waals surface area contributed by atoms with Crippen molar-refractivity contribution in [1.29, 1.82) is 0 Å². The van der Waals surface area contributed by atoms with Crippen molar-refractivity contribution in [3.63, 3.8) is 0 Å². The third-order valence-corrected chi connectivity index (χ3v) is 3.62. The van der Waals surface area contributed by atoms with E-state index < -0.39 is 11.5 Å². The molecule has 1 aromatic heterocycles. The zero-order valence-electron chi connectivity index (χ0n) is 13.4. The molecule has 0 saturated heterocycles. The summed E-state index contributed by atoms with van der Waals surface area (Å²) in [6.45, 7) is 1.65. The van der Waals surface area contributed by atoms with Crippen LogP contribution in [-0.4, -0.2) is 26.5 Å². The topological polar surface area (TPSA) is 99.5 Å². The van der Waals surface area contributed by atoms with Gasteiger partial charge in [-0.1, -0.05) is 30.3 Å². The standard InChI is InChI=1S/C18H16N4O3/c1-12(14-9-5-6-10-16(14)23)19-20-17(24)15-11-22(21-18(15)25)13-7-3-2-4-8-13/h2-11,23H,1H3,(H,20,24)(H,21,25)/b19-12-. The van der Waals surface area contributed by atoms with Gasteiger partial charge in [0, 0.05) is 11.8 Å². The first-order valence-electron chi connectivity index (χ1n) is 7.56. The number of carbonyl (C=O) groups excluding carboxylic acids is 1. The Morgan fingerprint density at radius 1 is 1.08 bits per heavy atom. The Kier molecular flexibility index (Phi) is 4.47. The van der Waals surface area contributed by atoms with E-state index in [1.165, 1.54) is 16.9 Å². The lowest BCUT2D eigenvalue weighted by Gasteiger charge is -2.03. The van der Waals surface area contributed by atoms with E-state index in [-0.39, 0.29) is 11.3 Å². The Hall–Kier alpha value is -3.61. The van der Waals surface area contributed by atoms with E-state index in [1.54, 1.807) is 37.3 Å². The van der Waals surface area contributed by atoms with Crippen LogP contribution < -0.4 is 11.0 Å². The highest BCUT2D eigenvalue weighted by Gasteiger charge is 2.14. The van der Waals surface area contributed by atoms with Crippen LogP contribution in [-0.2, 0) is 0 Å². The number of nitrogens with one attached hydrogen (secondary N) is 2. The molecule has 0 aliphatic carbocycles. The predicted molar refractivity (Wildman–Crippen MR) is 94.2 cm³/mol. The van der Waals surface area contributed by atoms with Crippen LogP contribution in [0.1, 0.15) is 22.8 Å². The second-order valence-corrected chi connectivity index (χ2v) is 5.34. The number of phenols is 1. The van der Waals surface area contributed by atoms with Crippen molar-refractivity contribution >= 4 is 11.6 Å². The number of hydrogen-bond acceptors (Lipinski definition) is 4. The van der Waals surface area contributed by atoms with Crippen molar-refractivity contribution < 1.29 is 9.90 Å². The fourth-order valence-electron chi connectivity index (χ4n) is 2.31. The lowest BCUT2D eigenvalue weighted by Crippen LogP contribution is -2.24. The molecule has 0 saturated carbocycles. The Bertz CT molecular complexity index is 987. The molecule has 1 amide bonds. The second-order valence-electron chi connectivity index (χ2n) is 5.34. The molecule has 7 heteroatoms. The number of amides is 1. The summed E-state index contributed by atoms with van der Waals surface area (Å²) in [6.07, 6.45) is 1.41. The molecule has 0 aliphatic rings. The fraction of sp³-hybridized carbons (Fsp3) is 0.0556. The molecular formula is C18H16N4O3. The minimum Gasteiger partial charge on any atom is -0.507 e. The molecule has 0 atom stereocenters. The van der Waals surface area contributed by atoms with Crippen LogP contribution in [0.2, 0.25) is 0 Å². The molecule has 0 radical (unpaired) electrons. The van der Waals surface area contributed by atoms with Gasteiger partial charge in [-0.25, -0.2) is 5.43 Å². The van der Waals surface area contributed by atoms with Gasteiger partial charge in [0.2, 0.25) is 0 Å². The van der Waals surface area contributed by atoms with Crippen molar-refractivity contribution in [3.8, 4) is 11.4 Å². The summed E-state index contributed by atoms with van der Waals surface area (Å²) in [4.78, 5) is 24.2. The molecule has 3 aromatic rings. The predicted octanol–water partition coefficient (Wildman–Crippen LogP) is 2.03. The minimum atomic E-state index is -0.634. The lowest BCUT2D eigenvalue weighted by atomic mass is 10.1. The van der Waals surface area contributed by atoms with E-state index in [0.717, 1.165) is 5.69 Å². The van der Waals surface area contributed by atoms with Gasteiger partial charge in [-0.05, 0) is 31.2 Å².